The first-order valence-corrected chi connectivity index (χ1v) is 11.0. The van der Waals surface area contributed by atoms with Gasteiger partial charge in [0.05, 0.1) is 5.69 Å². The van der Waals surface area contributed by atoms with Gasteiger partial charge in [-0.25, -0.2) is 4.79 Å². The lowest BCUT2D eigenvalue weighted by Crippen LogP contribution is -2.37. The summed E-state index contributed by atoms with van der Waals surface area (Å²) in [6.07, 6.45) is 3.64. The standard InChI is InChI=1S/C23H30N6O4/c1-26-20-19(21(30)27(2)23(26)31)29-15-18(28(22(29)25-20)12-6-14-33-4)16-7-9-17(10-8-16)24-11-5-13-32-3/h7-10,15,24H,5-6,11-14H2,1-4H3. The van der Waals surface area contributed by atoms with Crippen molar-refractivity contribution in [1.29, 1.82) is 0 Å². The summed E-state index contributed by atoms with van der Waals surface area (Å²) in [4.78, 5) is 30.0. The number of rotatable bonds is 10. The van der Waals surface area contributed by atoms with Gasteiger partial charge in [0.15, 0.2) is 11.2 Å². The predicted molar refractivity (Wildman–Crippen MR) is 128 cm³/mol. The van der Waals surface area contributed by atoms with Gasteiger partial charge in [0.1, 0.15) is 0 Å². The van der Waals surface area contributed by atoms with E-state index in [1.807, 2.05) is 18.3 Å². The summed E-state index contributed by atoms with van der Waals surface area (Å²) in [5.41, 5.74) is 2.99. The number of imidazole rings is 2. The average molecular weight is 455 g/mol. The molecule has 0 radical (unpaired) electrons. The summed E-state index contributed by atoms with van der Waals surface area (Å²) in [6.45, 7) is 2.82. The smallest absolute Gasteiger partial charge is 0.332 e. The summed E-state index contributed by atoms with van der Waals surface area (Å²) in [5, 5.41) is 3.39. The summed E-state index contributed by atoms with van der Waals surface area (Å²) in [5.74, 6) is 0.621. The number of methoxy groups -OCH3 is 2. The van der Waals surface area contributed by atoms with Gasteiger partial charge in [-0.1, -0.05) is 12.1 Å². The summed E-state index contributed by atoms with van der Waals surface area (Å²) in [6, 6.07) is 8.18. The Labute approximate surface area is 191 Å². The van der Waals surface area contributed by atoms with Gasteiger partial charge in [-0.05, 0) is 30.5 Å². The second-order valence-corrected chi connectivity index (χ2v) is 8.02. The fourth-order valence-electron chi connectivity index (χ4n) is 4.04. The monoisotopic (exact) mass is 454 g/mol. The van der Waals surface area contributed by atoms with E-state index in [1.165, 1.54) is 11.6 Å². The molecule has 4 aromatic rings. The van der Waals surface area contributed by atoms with Crippen molar-refractivity contribution in [3.8, 4) is 11.3 Å². The Bertz CT molecular complexity index is 1380. The minimum Gasteiger partial charge on any atom is -0.385 e. The first kappa shape index (κ1) is 22.8. The molecule has 1 aromatic carbocycles. The second kappa shape index (κ2) is 9.63. The Hall–Kier alpha value is -3.37. The zero-order chi connectivity index (χ0) is 23.5. The number of fused-ring (bicyclic) bond motifs is 3. The minimum atomic E-state index is -0.395. The van der Waals surface area contributed by atoms with Gasteiger partial charge in [0, 0.05) is 66.5 Å². The van der Waals surface area contributed by atoms with Crippen LogP contribution in [0.25, 0.3) is 28.2 Å². The molecule has 0 aliphatic rings. The van der Waals surface area contributed by atoms with Crippen molar-refractivity contribution in [3.63, 3.8) is 0 Å². The van der Waals surface area contributed by atoms with Crippen LogP contribution in [0.15, 0.2) is 40.1 Å². The number of nitrogens with one attached hydrogen (secondary N) is 1. The first-order valence-electron chi connectivity index (χ1n) is 11.0. The van der Waals surface area contributed by atoms with E-state index >= 15 is 0 Å². The lowest BCUT2D eigenvalue weighted by atomic mass is 10.1. The van der Waals surface area contributed by atoms with E-state index < -0.39 is 5.69 Å². The Morgan fingerprint density at radius 2 is 1.67 bits per heavy atom. The molecule has 0 bridgehead atoms. The molecule has 3 aromatic heterocycles. The molecule has 0 unspecified atom stereocenters. The van der Waals surface area contributed by atoms with Crippen LogP contribution < -0.4 is 16.6 Å². The van der Waals surface area contributed by atoms with Crippen molar-refractivity contribution < 1.29 is 9.47 Å². The van der Waals surface area contributed by atoms with Gasteiger partial charge in [-0.15, -0.1) is 0 Å². The molecule has 3 heterocycles. The molecule has 0 spiro atoms. The highest BCUT2D eigenvalue weighted by Gasteiger charge is 2.20. The van der Waals surface area contributed by atoms with E-state index in [4.69, 9.17) is 9.47 Å². The predicted octanol–water partition coefficient (Wildman–Crippen LogP) is 1.84. The molecule has 176 valence electrons. The van der Waals surface area contributed by atoms with Crippen LogP contribution in [0.2, 0.25) is 0 Å². The molecule has 0 fully saturated rings. The molecule has 0 aliphatic heterocycles. The number of aryl methyl sites for hydroxylation is 2. The highest BCUT2D eigenvalue weighted by atomic mass is 16.5. The highest BCUT2D eigenvalue weighted by Crippen LogP contribution is 2.27. The number of nitrogens with zero attached hydrogens (tertiary/aromatic N) is 5. The van der Waals surface area contributed by atoms with Gasteiger partial charge < -0.3 is 19.4 Å². The van der Waals surface area contributed by atoms with Gasteiger partial charge in [0.2, 0.25) is 5.78 Å². The molecule has 10 nitrogen and oxygen atoms in total. The number of aromatic nitrogens is 5. The van der Waals surface area contributed by atoms with Crippen molar-refractivity contribution in [2.75, 3.05) is 39.3 Å². The molecular formula is C23H30N6O4. The Morgan fingerprint density at radius 3 is 2.36 bits per heavy atom. The zero-order valence-electron chi connectivity index (χ0n) is 19.5. The van der Waals surface area contributed by atoms with Gasteiger partial charge in [0.25, 0.3) is 5.56 Å². The number of ether oxygens (including phenoxy) is 2. The lowest BCUT2D eigenvalue weighted by Gasteiger charge is -2.10. The molecule has 0 saturated carbocycles. The van der Waals surface area contributed by atoms with Crippen LogP contribution >= 0.6 is 0 Å². The van der Waals surface area contributed by atoms with Crippen molar-refractivity contribution in [1.82, 2.24) is 23.1 Å². The maximum absolute atomic E-state index is 12.9. The van der Waals surface area contributed by atoms with Crippen molar-refractivity contribution >= 4 is 22.6 Å². The third kappa shape index (κ3) is 4.19. The normalized spacial score (nSPS) is 11.6. The minimum absolute atomic E-state index is 0.364. The number of anilines is 1. The fraction of sp³-hybridized carbons (Fsp3) is 0.435. The lowest BCUT2D eigenvalue weighted by molar-refractivity contribution is 0.191. The molecule has 0 aliphatic carbocycles. The van der Waals surface area contributed by atoms with Crippen molar-refractivity contribution in [2.24, 2.45) is 14.1 Å². The van der Waals surface area contributed by atoms with Crippen LogP contribution in [0.1, 0.15) is 12.8 Å². The molecule has 0 saturated heterocycles. The molecule has 0 amide bonds. The number of hydrogen-bond acceptors (Lipinski definition) is 6. The van der Waals surface area contributed by atoms with E-state index in [-0.39, 0.29) is 5.56 Å². The third-order valence-electron chi connectivity index (χ3n) is 5.82. The van der Waals surface area contributed by atoms with Crippen molar-refractivity contribution in [3.05, 3.63) is 51.3 Å². The summed E-state index contributed by atoms with van der Waals surface area (Å²) >= 11 is 0. The van der Waals surface area contributed by atoms with E-state index in [0.717, 1.165) is 47.5 Å². The molecular weight excluding hydrogens is 424 g/mol. The van der Waals surface area contributed by atoms with Gasteiger partial charge in [-0.3, -0.25) is 18.3 Å². The van der Waals surface area contributed by atoms with Crippen LogP contribution in [-0.2, 0) is 30.1 Å². The molecule has 0 atom stereocenters. The van der Waals surface area contributed by atoms with E-state index in [0.29, 0.717) is 30.1 Å². The van der Waals surface area contributed by atoms with Gasteiger partial charge >= 0.3 is 5.69 Å². The molecule has 4 rings (SSSR count). The Balaban J connectivity index is 1.79. The fourth-order valence-corrected chi connectivity index (χ4v) is 4.04. The third-order valence-corrected chi connectivity index (χ3v) is 5.82. The quantitative estimate of drug-likeness (QED) is 0.367. The van der Waals surface area contributed by atoms with E-state index in [2.05, 4.69) is 27.0 Å². The Morgan fingerprint density at radius 1 is 0.970 bits per heavy atom. The SMILES string of the molecule is COCCCNc1ccc(-c2cn3c4c(=O)n(C)c(=O)n(C)c4nc3n2CCCOC)cc1. The van der Waals surface area contributed by atoms with Crippen LogP contribution in [0.3, 0.4) is 0 Å². The summed E-state index contributed by atoms with van der Waals surface area (Å²) < 4.78 is 16.7. The van der Waals surface area contributed by atoms with Crippen LogP contribution in [-0.4, -0.2) is 57.1 Å². The van der Waals surface area contributed by atoms with Crippen LogP contribution in [0.4, 0.5) is 5.69 Å². The van der Waals surface area contributed by atoms with Crippen molar-refractivity contribution in [2.45, 2.75) is 19.4 Å². The maximum atomic E-state index is 12.9. The zero-order valence-corrected chi connectivity index (χ0v) is 19.5. The average Bonchev–Trinajstić information content (AvgIpc) is 3.36. The largest absolute Gasteiger partial charge is 0.385 e. The van der Waals surface area contributed by atoms with E-state index in [1.54, 1.807) is 25.7 Å². The first-order chi connectivity index (χ1) is 16.0. The molecule has 1 N–H and O–H groups in total. The second-order valence-electron chi connectivity index (χ2n) is 8.02. The molecule has 10 heteroatoms. The highest BCUT2D eigenvalue weighted by molar-refractivity contribution is 5.78. The van der Waals surface area contributed by atoms with Crippen LogP contribution in [0, 0.1) is 0 Å². The Kier molecular flexibility index (Phi) is 6.66. The molecule has 33 heavy (non-hydrogen) atoms. The number of benzene rings is 1. The van der Waals surface area contributed by atoms with Crippen LogP contribution in [0.5, 0.6) is 0 Å². The van der Waals surface area contributed by atoms with E-state index in [9.17, 15) is 9.59 Å². The topological polar surface area (TPSA) is 96.7 Å². The number of hydrogen-bond donors (Lipinski definition) is 1. The summed E-state index contributed by atoms with van der Waals surface area (Å²) in [7, 11) is 6.49. The van der Waals surface area contributed by atoms with Gasteiger partial charge in [-0.2, -0.15) is 4.98 Å². The maximum Gasteiger partial charge on any atom is 0.332 e.